The molecular formula is C26H28F3N3O4. The van der Waals surface area contributed by atoms with E-state index in [0.29, 0.717) is 12.3 Å². The average molecular weight is 504 g/mol. The number of hydrogen-bond donors (Lipinski definition) is 3. The molecule has 0 saturated heterocycles. The van der Waals surface area contributed by atoms with Gasteiger partial charge in [0.05, 0.1) is 6.61 Å². The molecule has 0 unspecified atom stereocenters. The lowest BCUT2D eigenvalue weighted by molar-refractivity contribution is -0.192. The number of amides is 2. The highest BCUT2D eigenvalue weighted by molar-refractivity contribution is 6.00. The third-order valence-corrected chi connectivity index (χ3v) is 4.60. The quantitative estimate of drug-likeness (QED) is 0.330. The lowest BCUT2D eigenvalue weighted by Crippen LogP contribution is -2.21. The fourth-order valence-electron chi connectivity index (χ4n) is 2.90. The lowest BCUT2D eigenvalue weighted by atomic mass is 10.1. The molecule has 0 atom stereocenters. The molecule has 3 aromatic carbocycles. The van der Waals surface area contributed by atoms with Gasteiger partial charge in [0.1, 0.15) is 5.75 Å². The molecule has 0 aromatic heterocycles. The van der Waals surface area contributed by atoms with Gasteiger partial charge in [-0.1, -0.05) is 48.5 Å². The number of benzene rings is 3. The Morgan fingerprint density at radius 2 is 1.44 bits per heavy atom. The summed E-state index contributed by atoms with van der Waals surface area (Å²) in [5.41, 5.74) is 3.67. The fraction of sp³-hybridized carbons (Fsp3) is 0.231. The van der Waals surface area contributed by atoms with E-state index in [1.165, 1.54) is 0 Å². The van der Waals surface area contributed by atoms with Gasteiger partial charge in [0, 0.05) is 24.0 Å². The van der Waals surface area contributed by atoms with E-state index in [-0.39, 0.29) is 6.03 Å². The van der Waals surface area contributed by atoms with Crippen molar-refractivity contribution in [3.05, 3.63) is 78.9 Å². The summed E-state index contributed by atoms with van der Waals surface area (Å²) >= 11 is 0. The highest BCUT2D eigenvalue weighted by atomic mass is 19.4. The van der Waals surface area contributed by atoms with E-state index < -0.39 is 12.1 Å². The number of urea groups is 1. The highest BCUT2D eigenvalue weighted by Crippen LogP contribution is 2.22. The summed E-state index contributed by atoms with van der Waals surface area (Å²) in [5.74, 6) is -2.01. The second-order valence-electron chi connectivity index (χ2n) is 7.86. The van der Waals surface area contributed by atoms with Crippen LogP contribution >= 0.6 is 0 Å². The summed E-state index contributed by atoms with van der Waals surface area (Å²) in [6.07, 6.45) is -4.13. The van der Waals surface area contributed by atoms with Gasteiger partial charge < -0.3 is 25.4 Å². The number of carboxylic acid groups (broad SMARTS) is 1. The summed E-state index contributed by atoms with van der Waals surface area (Å²) in [6, 6.07) is 25.0. The van der Waals surface area contributed by atoms with Crippen LogP contribution in [0.15, 0.2) is 78.9 Å². The van der Waals surface area contributed by atoms with Crippen LogP contribution in [0.25, 0.3) is 11.1 Å². The number of halogens is 3. The minimum atomic E-state index is -5.08. The predicted octanol–water partition coefficient (Wildman–Crippen LogP) is 5.96. The average Bonchev–Trinajstić information content (AvgIpc) is 2.83. The van der Waals surface area contributed by atoms with Gasteiger partial charge in [0.25, 0.3) is 0 Å². The maximum Gasteiger partial charge on any atom is 0.490 e. The van der Waals surface area contributed by atoms with E-state index in [0.717, 1.165) is 35.5 Å². The Hall–Kier alpha value is -4.05. The first-order valence-corrected chi connectivity index (χ1v) is 11.0. The zero-order chi connectivity index (χ0) is 26.6. The van der Waals surface area contributed by atoms with E-state index in [1.54, 1.807) is 0 Å². The van der Waals surface area contributed by atoms with Gasteiger partial charge in [-0.2, -0.15) is 13.2 Å². The molecule has 0 radical (unpaired) electrons. The monoisotopic (exact) mass is 503 g/mol. The molecule has 2 amide bonds. The van der Waals surface area contributed by atoms with Crippen molar-refractivity contribution in [3.63, 3.8) is 0 Å². The second kappa shape index (κ2) is 13.7. The number of aliphatic carboxylic acids is 1. The van der Waals surface area contributed by atoms with Crippen LogP contribution in [0.4, 0.5) is 29.3 Å². The standard InChI is InChI=1S/C24H27N3O2.C2HF3O2/c1-27(2)16-7-17-29-23-11-6-10-22(18-23)26-24(28)25-21-14-12-20(13-15-21)19-8-4-3-5-9-19;3-2(4,5)1(6)7/h3-6,8-15,18H,7,16-17H2,1-2H3,(H2,25,26,28);(H,6,7). The van der Waals surface area contributed by atoms with E-state index in [2.05, 4.69) is 27.7 Å². The van der Waals surface area contributed by atoms with Crippen molar-refractivity contribution in [1.82, 2.24) is 4.90 Å². The van der Waals surface area contributed by atoms with Gasteiger partial charge >= 0.3 is 18.2 Å². The first kappa shape index (κ1) is 28.2. The Balaban J connectivity index is 0.000000572. The maximum atomic E-state index is 12.3. The van der Waals surface area contributed by atoms with Gasteiger partial charge in [-0.25, -0.2) is 9.59 Å². The van der Waals surface area contributed by atoms with Gasteiger partial charge in [-0.05, 0) is 55.9 Å². The minimum absolute atomic E-state index is 0.290. The molecular weight excluding hydrogens is 475 g/mol. The number of nitrogens with one attached hydrogen (secondary N) is 2. The molecule has 0 aliphatic heterocycles. The van der Waals surface area contributed by atoms with Crippen molar-refractivity contribution >= 4 is 23.4 Å². The normalized spacial score (nSPS) is 10.7. The van der Waals surface area contributed by atoms with Gasteiger partial charge in [0.2, 0.25) is 0 Å². The summed E-state index contributed by atoms with van der Waals surface area (Å²) in [7, 11) is 4.08. The smallest absolute Gasteiger partial charge is 0.490 e. The number of nitrogens with zero attached hydrogens (tertiary/aromatic N) is 1. The van der Waals surface area contributed by atoms with Crippen molar-refractivity contribution in [2.75, 3.05) is 37.9 Å². The van der Waals surface area contributed by atoms with Crippen molar-refractivity contribution in [2.45, 2.75) is 12.6 Å². The minimum Gasteiger partial charge on any atom is -0.493 e. The Bertz CT molecular complexity index is 1110. The van der Waals surface area contributed by atoms with Crippen molar-refractivity contribution in [2.24, 2.45) is 0 Å². The number of carbonyl (C=O) groups is 2. The number of ether oxygens (including phenoxy) is 1. The molecule has 36 heavy (non-hydrogen) atoms. The number of anilines is 2. The molecule has 192 valence electrons. The molecule has 0 bridgehead atoms. The van der Waals surface area contributed by atoms with Gasteiger partial charge in [0.15, 0.2) is 0 Å². The number of alkyl halides is 3. The predicted molar refractivity (Wildman–Crippen MR) is 133 cm³/mol. The molecule has 0 spiro atoms. The topological polar surface area (TPSA) is 90.9 Å². The molecule has 7 nitrogen and oxygen atoms in total. The largest absolute Gasteiger partial charge is 0.493 e. The van der Waals surface area contributed by atoms with Gasteiger partial charge in [-0.15, -0.1) is 0 Å². The third kappa shape index (κ3) is 10.5. The molecule has 0 heterocycles. The summed E-state index contributed by atoms with van der Waals surface area (Å²) in [6.45, 7) is 1.62. The van der Waals surface area contributed by atoms with E-state index in [4.69, 9.17) is 14.6 Å². The number of carboxylic acids is 1. The second-order valence-corrected chi connectivity index (χ2v) is 7.86. The summed E-state index contributed by atoms with van der Waals surface area (Å²) in [4.78, 5) is 23.3. The maximum absolute atomic E-state index is 12.3. The van der Waals surface area contributed by atoms with Crippen LogP contribution in [0.5, 0.6) is 5.75 Å². The van der Waals surface area contributed by atoms with E-state index in [1.807, 2.05) is 80.8 Å². The molecule has 0 saturated carbocycles. The Morgan fingerprint density at radius 3 is 2.03 bits per heavy atom. The van der Waals surface area contributed by atoms with Crippen molar-refractivity contribution in [1.29, 1.82) is 0 Å². The van der Waals surface area contributed by atoms with Gasteiger partial charge in [-0.3, -0.25) is 0 Å². The van der Waals surface area contributed by atoms with Crippen LogP contribution < -0.4 is 15.4 Å². The van der Waals surface area contributed by atoms with Crippen LogP contribution in [-0.4, -0.2) is 55.4 Å². The van der Waals surface area contributed by atoms with Crippen molar-refractivity contribution in [3.8, 4) is 16.9 Å². The molecule has 0 aliphatic carbocycles. The Morgan fingerprint density at radius 1 is 0.861 bits per heavy atom. The number of carbonyl (C=O) groups excluding carboxylic acids is 1. The number of hydrogen-bond acceptors (Lipinski definition) is 4. The lowest BCUT2D eigenvalue weighted by Gasteiger charge is -2.12. The zero-order valence-electron chi connectivity index (χ0n) is 19.9. The van der Waals surface area contributed by atoms with E-state index in [9.17, 15) is 18.0 Å². The summed E-state index contributed by atoms with van der Waals surface area (Å²) in [5, 5.41) is 12.8. The summed E-state index contributed by atoms with van der Waals surface area (Å²) < 4.78 is 37.5. The molecule has 3 rings (SSSR count). The van der Waals surface area contributed by atoms with E-state index >= 15 is 0 Å². The van der Waals surface area contributed by atoms with Crippen LogP contribution in [0.1, 0.15) is 6.42 Å². The fourth-order valence-corrected chi connectivity index (χ4v) is 2.90. The first-order valence-electron chi connectivity index (χ1n) is 11.0. The highest BCUT2D eigenvalue weighted by Gasteiger charge is 2.38. The Labute approximate surface area is 207 Å². The third-order valence-electron chi connectivity index (χ3n) is 4.60. The van der Waals surface area contributed by atoms with Crippen LogP contribution in [0.3, 0.4) is 0 Å². The molecule has 3 aromatic rings. The Kier molecular flexibility index (Phi) is 10.8. The van der Waals surface area contributed by atoms with Crippen LogP contribution in [-0.2, 0) is 4.79 Å². The molecule has 10 heteroatoms. The zero-order valence-corrected chi connectivity index (χ0v) is 19.9. The van der Waals surface area contributed by atoms with Crippen LogP contribution in [0, 0.1) is 0 Å². The SMILES string of the molecule is CN(C)CCCOc1cccc(NC(=O)Nc2ccc(-c3ccccc3)cc2)c1.O=C(O)C(F)(F)F. The molecule has 0 fully saturated rings. The molecule has 3 N–H and O–H groups in total. The first-order chi connectivity index (χ1) is 17.0. The van der Waals surface area contributed by atoms with Crippen LogP contribution in [0.2, 0.25) is 0 Å². The number of rotatable bonds is 8. The molecule has 0 aliphatic rings. The van der Waals surface area contributed by atoms with Crippen molar-refractivity contribution < 1.29 is 32.6 Å².